The maximum atomic E-state index is 14.3. The van der Waals surface area contributed by atoms with Crippen molar-refractivity contribution >= 4 is 35.6 Å². The van der Waals surface area contributed by atoms with Crippen LogP contribution in [-0.2, 0) is 51.3 Å². The van der Waals surface area contributed by atoms with Crippen molar-refractivity contribution < 1.29 is 38.2 Å². The van der Waals surface area contributed by atoms with E-state index in [0.717, 1.165) is 16.7 Å². The fraction of sp³-hybridized carbons (Fsp3) is 0.571. The summed E-state index contributed by atoms with van der Waals surface area (Å²) in [6.07, 6.45) is 1.12. The van der Waals surface area contributed by atoms with Crippen LogP contribution in [0.4, 0.5) is 0 Å². The summed E-state index contributed by atoms with van der Waals surface area (Å²) in [5.74, 6) is -3.47. The van der Waals surface area contributed by atoms with Crippen LogP contribution < -0.4 is 0 Å². The van der Waals surface area contributed by atoms with E-state index >= 15 is 0 Å². The van der Waals surface area contributed by atoms with Gasteiger partial charge in [0, 0.05) is 33.6 Å². The van der Waals surface area contributed by atoms with E-state index in [1.165, 1.54) is 26.6 Å². The third kappa shape index (κ3) is 11.9. The molecule has 54 heavy (non-hydrogen) atoms. The summed E-state index contributed by atoms with van der Waals surface area (Å²) in [5.41, 5.74) is 2.00. The molecule has 1 aliphatic rings. The molecule has 1 saturated heterocycles. The molecule has 0 aliphatic carbocycles. The van der Waals surface area contributed by atoms with Crippen LogP contribution in [0.5, 0.6) is 0 Å². The quantitative estimate of drug-likeness (QED) is 0.211. The molecule has 1 fully saturated rings. The molecular weight excluding hydrogens is 688 g/mol. The zero-order valence-electron chi connectivity index (χ0n) is 33.8. The first-order valence-electron chi connectivity index (χ1n) is 19.0. The Bertz CT molecular complexity index is 1610. The van der Waals surface area contributed by atoms with Gasteiger partial charge in [-0.1, -0.05) is 80.4 Å². The van der Waals surface area contributed by atoms with Crippen LogP contribution in [-0.4, -0.2) is 113 Å². The van der Waals surface area contributed by atoms with Gasteiger partial charge in [0.25, 0.3) is 0 Å². The number of hydrogen-bond donors (Lipinski definition) is 0. The normalized spacial score (nSPS) is 16.2. The molecule has 2 aromatic carbocycles. The summed E-state index contributed by atoms with van der Waals surface area (Å²) in [6.45, 7) is 14.8. The molecule has 0 bridgehead atoms. The van der Waals surface area contributed by atoms with Crippen LogP contribution >= 0.6 is 0 Å². The van der Waals surface area contributed by atoms with Gasteiger partial charge >= 0.3 is 11.9 Å². The smallest absolute Gasteiger partial charge is 0.326 e. The van der Waals surface area contributed by atoms with Crippen molar-refractivity contribution in [2.75, 3.05) is 33.7 Å². The molecule has 4 amide bonds. The fourth-order valence-electron chi connectivity index (χ4n) is 6.46. The highest BCUT2D eigenvalue weighted by molar-refractivity contribution is 5.96. The molecule has 12 nitrogen and oxygen atoms in total. The van der Waals surface area contributed by atoms with E-state index in [9.17, 15) is 28.8 Å². The van der Waals surface area contributed by atoms with Gasteiger partial charge in [0.2, 0.25) is 23.6 Å². The molecule has 0 aromatic heterocycles. The highest BCUT2D eigenvalue weighted by Gasteiger charge is 2.45. The van der Waals surface area contributed by atoms with Crippen LogP contribution in [0.3, 0.4) is 0 Å². The Morgan fingerprint density at radius 1 is 0.870 bits per heavy atom. The highest BCUT2D eigenvalue weighted by atomic mass is 16.6. The Morgan fingerprint density at radius 2 is 1.50 bits per heavy atom. The summed E-state index contributed by atoms with van der Waals surface area (Å²) in [4.78, 5) is 87.3. The van der Waals surface area contributed by atoms with Crippen LogP contribution in [0.25, 0.3) is 0 Å². The topological polar surface area (TPSA) is 134 Å². The molecule has 1 aliphatic heterocycles. The van der Waals surface area contributed by atoms with Gasteiger partial charge in [-0.3, -0.25) is 28.8 Å². The second kappa shape index (κ2) is 19.5. The molecule has 0 unspecified atom stereocenters. The lowest BCUT2D eigenvalue weighted by atomic mass is 9.87. The molecule has 0 N–H and O–H groups in total. The Labute approximate surface area is 321 Å². The van der Waals surface area contributed by atoms with Crippen molar-refractivity contribution in [1.29, 1.82) is 0 Å². The van der Waals surface area contributed by atoms with Gasteiger partial charge in [-0.25, -0.2) is 0 Å². The lowest BCUT2D eigenvalue weighted by Crippen LogP contribution is -2.65. The van der Waals surface area contributed by atoms with Gasteiger partial charge in [0.1, 0.15) is 36.9 Å². The van der Waals surface area contributed by atoms with Gasteiger partial charge in [0.15, 0.2) is 0 Å². The van der Waals surface area contributed by atoms with Crippen molar-refractivity contribution in [2.45, 2.75) is 111 Å². The van der Waals surface area contributed by atoms with E-state index in [-0.39, 0.29) is 50.3 Å². The predicted octanol–water partition coefficient (Wildman–Crippen LogP) is 4.80. The van der Waals surface area contributed by atoms with Crippen molar-refractivity contribution in [3.05, 3.63) is 71.3 Å². The maximum Gasteiger partial charge on any atom is 0.326 e. The number of carbonyl (C=O) groups excluding carboxylic acids is 6. The largest absolute Gasteiger partial charge is 0.461 e. The summed E-state index contributed by atoms with van der Waals surface area (Å²) in [6, 6.07) is 14.3. The molecular formula is C42H60N4O8. The molecule has 1 heterocycles. The van der Waals surface area contributed by atoms with E-state index in [2.05, 4.69) is 0 Å². The molecule has 0 spiro atoms. The maximum absolute atomic E-state index is 14.3. The number of esters is 2. The summed E-state index contributed by atoms with van der Waals surface area (Å²) < 4.78 is 10.9. The van der Waals surface area contributed by atoms with E-state index < -0.39 is 53.4 Å². The monoisotopic (exact) mass is 748 g/mol. The number of hydrogen-bond acceptors (Lipinski definition) is 8. The lowest BCUT2D eigenvalue weighted by molar-refractivity contribution is -0.163. The minimum absolute atomic E-state index is 0.0997. The van der Waals surface area contributed by atoms with Crippen molar-refractivity contribution in [3.63, 3.8) is 0 Å². The Hall–Kier alpha value is -4.74. The minimum atomic E-state index is -0.949. The Balaban J connectivity index is 1.76. The number of nitrogens with zero attached hydrogens (tertiary/aromatic N) is 4. The molecule has 0 radical (unpaired) electrons. The Kier molecular flexibility index (Phi) is 15.8. The summed E-state index contributed by atoms with van der Waals surface area (Å²) in [7, 11) is 3.05. The van der Waals surface area contributed by atoms with Crippen molar-refractivity contribution in [3.8, 4) is 0 Å². The van der Waals surface area contributed by atoms with E-state index in [0.29, 0.717) is 19.4 Å². The number of carbonyl (C=O) groups is 6. The molecule has 2 aromatic rings. The number of ether oxygens (including phenoxy) is 2. The zero-order chi connectivity index (χ0) is 40.3. The number of rotatable bonds is 17. The molecule has 3 rings (SSSR count). The number of aryl methyl sites for hydroxylation is 1. The molecule has 12 heteroatoms. The number of benzene rings is 2. The number of likely N-dealkylation sites (N-methyl/N-ethyl adjacent to an activating group) is 3. The van der Waals surface area contributed by atoms with Crippen LogP contribution in [0, 0.1) is 18.8 Å². The van der Waals surface area contributed by atoms with E-state index in [1.807, 2.05) is 75.4 Å². The first kappa shape index (κ1) is 43.7. The van der Waals surface area contributed by atoms with Gasteiger partial charge < -0.3 is 29.1 Å². The molecule has 5 atom stereocenters. The average Bonchev–Trinajstić information content (AvgIpc) is 3.11. The van der Waals surface area contributed by atoms with Crippen LogP contribution in [0.2, 0.25) is 0 Å². The van der Waals surface area contributed by atoms with E-state index in [4.69, 9.17) is 9.47 Å². The SMILES string of the molecule is CC[C@H](C)[C@H](CC(=O)OCc1ccccc1)C(=O)N(C)[C@@H](C)C(=O)N1CC[C@H]1C(=O)N(CC)[C@@H](Cc1ccc(C)cc1)C(=O)N(C)CC(=O)OC(C)(C)C. The fourth-order valence-corrected chi connectivity index (χ4v) is 6.46. The van der Waals surface area contributed by atoms with E-state index in [1.54, 1.807) is 41.7 Å². The predicted molar refractivity (Wildman–Crippen MR) is 206 cm³/mol. The highest BCUT2D eigenvalue weighted by Crippen LogP contribution is 2.27. The zero-order valence-corrected chi connectivity index (χ0v) is 33.8. The first-order valence-corrected chi connectivity index (χ1v) is 19.0. The van der Waals surface area contributed by atoms with Gasteiger partial charge in [-0.05, 0) is 65.0 Å². The van der Waals surface area contributed by atoms with Crippen LogP contribution in [0.15, 0.2) is 54.6 Å². The van der Waals surface area contributed by atoms with Gasteiger partial charge in [-0.2, -0.15) is 0 Å². The summed E-state index contributed by atoms with van der Waals surface area (Å²) in [5, 5.41) is 0. The summed E-state index contributed by atoms with van der Waals surface area (Å²) >= 11 is 0. The second-order valence-electron chi connectivity index (χ2n) is 15.4. The second-order valence-corrected chi connectivity index (χ2v) is 15.4. The standard InChI is InChI=1S/C42H60N4O8/c1-11-29(4)33(25-36(47)53-27-32-16-14-13-15-17-32)39(50)44(10)30(5)38(49)46-23-22-34(46)41(52)45(12-2)35(24-31-20-18-28(3)19-21-31)40(51)43(9)26-37(48)54-42(6,7)8/h13-21,29-30,33-35H,11-12,22-27H2,1-10H3/t29-,30-,33-,34-,35-/m0/s1. The lowest BCUT2D eigenvalue weighted by Gasteiger charge is -2.45. The van der Waals surface area contributed by atoms with Crippen molar-refractivity contribution in [2.24, 2.45) is 11.8 Å². The molecule has 0 saturated carbocycles. The molecule has 296 valence electrons. The van der Waals surface area contributed by atoms with Crippen LogP contribution in [0.1, 0.15) is 84.4 Å². The van der Waals surface area contributed by atoms with Gasteiger partial charge in [-0.15, -0.1) is 0 Å². The first-order chi connectivity index (χ1) is 25.4. The Morgan fingerprint density at radius 3 is 2.04 bits per heavy atom. The minimum Gasteiger partial charge on any atom is -0.461 e. The van der Waals surface area contributed by atoms with Crippen molar-refractivity contribution in [1.82, 2.24) is 19.6 Å². The van der Waals surface area contributed by atoms with Gasteiger partial charge in [0.05, 0.1) is 12.3 Å². The average molecular weight is 749 g/mol. The third-order valence-electron chi connectivity index (χ3n) is 10.1. The number of likely N-dealkylation sites (tertiary alicyclic amines) is 1. The number of amides is 4. The third-order valence-corrected chi connectivity index (χ3v) is 10.1.